The number of methoxy groups -OCH3 is 1. The Kier molecular flexibility index (Phi) is 5.59. The molecule has 0 fully saturated rings. The van der Waals surface area contributed by atoms with Crippen molar-refractivity contribution >= 4 is 11.8 Å². The first kappa shape index (κ1) is 21.3. The van der Waals surface area contributed by atoms with Crippen LogP contribution in [0.3, 0.4) is 0 Å². The van der Waals surface area contributed by atoms with Gasteiger partial charge in [-0.1, -0.05) is 30.0 Å². The lowest BCUT2D eigenvalue weighted by atomic mass is 10.1. The van der Waals surface area contributed by atoms with Gasteiger partial charge in [0.1, 0.15) is 5.75 Å². The molecule has 6 rings (SSSR count). The van der Waals surface area contributed by atoms with Gasteiger partial charge in [0.05, 0.1) is 18.5 Å². The number of aromatic nitrogens is 4. The fourth-order valence-electron chi connectivity index (χ4n) is 3.77. The highest BCUT2D eigenvalue weighted by Gasteiger charge is 2.18. The summed E-state index contributed by atoms with van der Waals surface area (Å²) < 4.78 is 23.9. The molecule has 1 aliphatic heterocycles. The second-order valence-corrected chi connectivity index (χ2v) is 8.67. The van der Waals surface area contributed by atoms with Gasteiger partial charge in [0.2, 0.25) is 12.7 Å². The summed E-state index contributed by atoms with van der Waals surface area (Å²) in [5.74, 6) is 3.23. The van der Waals surface area contributed by atoms with Crippen LogP contribution < -0.4 is 14.2 Å². The minimum absolute atomic E-state index is 0.219. The Morgan fingerprint density at radius 1 is 0.914 bits per heavy atom. The van der Waals surface area contributed by atoms with Crippen LogP contribution in [0.15, 0.2) is 88.6 Å². The number of para-hydroxylation sites is 1. The maximum Gasteiger partial charge on any atom is 0.277 e. The first-order valence-corrected chi connectivity index (χ1v) is 11.9. The van der Waals surface area contributed by atoms with Gasteiger partial charge in [-0.25, -0.2) is 4.68 Å². The van der Waals surface area contributed by atoms with Crippen LogP contribution in [0.5, 0.6) is 17.2 Å². The van der Waals surface area contributed by atoms with Crippen LogP contribution in [0.25, 0.3) is 28.4 Å². The van der Waals surface area contributed by atoms with E-state index in [-0.39, 0.29) is 6.79 Å². The van der Waals surface area contributed by atoms with Gasteiger partial charge < -0.3 is 18.6 Å². The lowest BCUT2D eigenvalue weighted by Gasteiger charge is -2.03. The van der Waals surface area contributed by atoms with E-state index >= 15 is 0 Å². The Morgan fingerprint density at radius 2 is 1.71 bits per heavy atom. The van der Waals surface area contributed by atoms with Gasteiger partial charge in [0.25, 0.3) is 5.22 Å². The zero-order chi connectivity index (χ0) is 23.6. The van der Waals surface area contributed by atoms with Crippen LogP contribution in [-0.2, 0) is 5.75 Å². The number of rotatable bonds is 7. The van der Waals surface area contributed by atoms with E-state index in [1.807, 2.05) is 83.7 Å². The fourth-order valence-corrected chi connectivity index (χ4v) is 4.50. The third-order valence-electron chi connectivity index (χ3n) is 5.55. The summed E-state index contributed by atoms with van der Waals surface area (Å²) in [7, 11) is 1.66. The van der Waals surface area contributed by atoms with E-state index in [0.29, 0.717) is 28.4 Å². The van der Waals surface area contributed by atoms with Crippen molar-refractivity contribution in [2.75, 3.05) is 13.9 Å². The summed E-state index contributed by atoms with van der Waals surface area (Å²) in [5, 5.41) is 13.8. The minimum atomic E-state index is 0.219. The van der Waals surface area contributed by atoms with Gasteiger partial charge in [0.15, 0.2) is 11.5 Å². The molecule has 0 saturated heterocycles. The first-order chi connectivity index (χ1) is 17.3. The molecule has 0 saturated carbocycles. The second-order valence-electron chi connectivity index (χ2n) is 7.74. The number of benzene rings is 3. The SMILES string of the molecule is COc1ccc(-c2nn(-c3ccccc3)cc2CSc2nnc(-c3ccc4c(c3)OCO4)o2)cc1. The molecular formula is C26H20N4O4S. The summed E-state index contributed by atoms with van der Waals surface area (Å²) >= 11 is 1.47. The topological polar surface area (TPSA) is 84.4 Å². The van der Waals surface area contributed by atoms with Gasteiger partial charge in [-0.15, -0.1) is 10.2 Å². The van der Waals surface area contributed by atoms with E-state index in [2.05, 4.69) is 10.2 Å². The lowest BCUT2D eigenvalue weighted by Crippen LogP contribution is -1.94. The largest absolute Gasteiger partial charge is 0.497 e. The maximum atomic E-state index is 5.92. The minimum Gasteiger partial charge on any atom is -0.497 e. The molecule has 9 heteroatoms. The molecule has 0 amide bonds. The zero-order valence-corrected chi connectivity index (χ0v) is 19.6. The quantitative estimate of drug-likeness (QED) is 0.275. The molecule has 5 aromatic rings. The highest BCUT2D eigenvalue weighted by Crippen LogP contribution is 2.36. The van der Waals surface area contributed by atoms with E-state index in [0.717, 1.165) is 33.8 Å². The van der Waals surface area contributed by atoms with Crippen LogP contribution in [0.2, 0.25) is 0 Å². The molecule has 0 N–H and O–H groups in total. The Bertz CT molecular complexity index is 1460. The van der Waals surface area contributed by atoms with Gasteiger partial charge in [-0.2, -0.15) is 5.10 Å². The van der Waals surface area contributed by atoms with Crippen molar-refractivity contribution in [2.24, 2.45) is 0 Å². The number of thioether (sulfide) groups is 1. The third-order valence-corrected chi connectivity index (χ3v) is 6.42. The molecule has 174 valence electrons. The van der Waals surface area contributed by atoms with Gasteiger partial charge >= 0.3 is 0 Å². The number of nitrogens with zero attached hydrogens (tertiary/aromatic N) is 4. The van der Waals surface area contributed by atoms with Crippen LogP contribution in [0.4, 0.5) is 0 Å². The summed E-state index contributed by atoms with van der Waals surface area (Å²) in [5.41, 5.74) is 4.71. The monoisotopic (exact) mass is 484 g/mol. The summed E-state index contributed by atoms with van der Waals surface area (Å²) in [6.45, 7) is 0.219. The molecule has 0 unspecified atom stereocenters. The average molecular weight is 485 g/mol. The van der Waals surface area contributed by atoms with E-state index in [9.17, 15) is 0 Å². The molecule has 35 heavy (non-hydrogen) atoms. The molecule has 0 bridgehead atoms. The average Bonchev–Trinajstić information content (AvgIpc) is 3.67. The molecule has 2 aromatic heterocycles. The summed E-state index contributed by atoms with van der Waals surface area (Å²) in [6.07, 6.45) is 2.04. The molecule has 0 aliphatic carbocycles. The van der Waals surface area contributed by atoms with Crippen molar-refractivity contribution in [1.82, 2.24) is 20.0 Å². The molecule has 3 heterocycles. The number of ether oxygens (including phenoxy) is 3. The number of hydrogen-bond acceptors (Lipinski definition) is 8. The highest BCUT2D eigenvalue weighted by molar-refractivity contribution is 7.98. The van der Waals surface area contributed by atoms with Crippen molar-refractivity contribution in [3.05, 3.63) is 84.6 Å². The second kappa shape index (κ2) is 9.19. The normalized spacial score (nSPS) is 12.1. The molecule has 0 atom stereocenters. The molecule has 3 aromatic carbocycles. The standard InChI is InChI=1S/C26H20N4O4S/c1-31-21-10-7-17(8-11-21)24-19(14-30(29-24)20-5-3-2-4-6-20)15-35-26-28-27-25(34-26)18-9-12-22-23(13-18)33-16-32-22/h2-14H,15-16H2,1H3. The Hall–Kier alpha value is -4.24. The van der Waals surface area contributed by atoms with Gasteiger partial charge in [-0.3, -0.25) is 0 Å². The van der Waals surface area contributed by atoms with Crippen LogP contribution in [0.1, 0.15) is 5.56 Å². The van der Waals surface area contributed by atoms with E-state index in [4.69, 9.17) is 23.7 Å². The molecular weight excluding hydrogens is 464 g/mol. The molecule has 0 spiro atoms. The van der Waals surface area contributed by atoms with Gasteiger partial charge in [0, 0.05) is 28.6 Å². The maximum absolute atomic E-state index is 5.92. The molecule has 1 aliphatic rings. The van der Waals surface area contributed by atoms with Crippen molar-refractivity contribution in [2.45, 2.75) is 11.0 Å². The lowest BCUT2D eigenvalue weighted by molar-refractivity contribution is 0.174. The van der Waals surface area contributed by atoms with Crippen LogP contribution >= 0.6 is 11.8 Å². The fraction of sp³-hybridized carbons (Fsp3) is 0.115. The number of hydrogen-bond donors (Lipinski definition) is 0. The zero-order valence-electron chi connectivity index (χ0n) is 18.7. The molecule has 0 radical (unpaired) electrons. The predicted octanol–water partition coefficient (Wildman–Crippen LogP) is 5.62. The summed E-state index contributed by atoms with van der Waals surface area (Å²) in [4.78, 5) is 0. The van der Waals surface area contributed by atoms with Crippen molar-refractivity contribution in [1.29, 1.82) is 0 Å². The highest BCUT2D eigenvalue weighted by atomic mass is 32.2. The Labute approximate surface area is 205 Å². The number of fused-ring (bicyclic) bond motifs is 1. The van der Waals surface area contributed by atoms with E-state index < -0.39 is 0 Å². The van der Waals surface area contributed by atoms with Gasteiger partial charge in [-0.05, 0) is 54.6 Å². The Morgan fingerprint density at radius 3 is 2.54 bits per heavy atom. The third kappa shape index (κ3) is 4.33. The van der Waals surface area contributed by atoms with Crippen molar-refractivity contribution in [3.63, 3.8) is 0 Å². The van der Waals surface area contributed by atoms with E-state index in [1.54, 1.807) is 7.11 Å². The first-order valence-electron chi connectivity index (χ1n) is 10.9. The summed E-state index contributed by atoms with van der Waals surface area (Å²) in [6, 6.07) is 23.5. The van der Waals surface area contributed by atoms with Crippen LogP contribution in [0, 0.1) is 0 Å². The molecule has 8 nitrogen and oxygen atoms in total. The smallest absolute Gasteiger partial charge is 0.277 e. The Balaban J connectivity index is 1.26. The van der Waals surface area contributed by atoms with Crippen LogP contribution in [-0.4, -0.2) is 33.9 Å². The van der Waals surface area contributed by atoms with Crippen molar-refractivity contribution < 1.29 is 18.6 Å². The van der Waals surface area contributed by atoms with E-state index in [1.165, 1.54) is 11.8 Å². The van der Waals surface area contributed by atoms with Crippen molar-refractivity contribution in [3.8, 4) is 45.6 Å². The predicted molar refractivity (Wildman–Crippen MR) is 131 cm³/mol.